The lowest BCUT2D eigenvalue weighted by molar-refractivity contribution is -0.102. The predicted octanol–water partition coefficient (Wildman–Crippen LogP) is 5.91. The van der Waals surface area contributed by atoms with Gasteiger partial charge in [-0.1, -0.05) is 71.0 Å². The number of aldehydes is 1. The first-order valence-electron chi connectivity index (χ1n) is 16.7. The topological polar surface area (TPSA) is 119 Å². The van der Waals surface area contributed by atoms with Crippen LogP contribution < -0.4 is 27.1 Å². The van der Waals surface area contributed by atoms with E-state index in [-0.39, 0.29) is 23.9 Å². The number of hydrogen-bond donors (Lipinski definition) is 5. The van der Waals surface area contributed by atoms with E-state index < -0.39 is 5.66 Å². The molecule has 3 aliphatic rings. The average molecular weight is 614 g/mol. The van der Waals surface area contributed by atoms with E-state index in [9.17, 15) is 9.59 Å². The summed E-state index contributed by atoms with van der Waals surface area (Å²) in [7, 11) is 0. The number of nitrogens with one attached hydrogen (secondary N) is 5. The normalized spacial score (nSPS) is 22.8. The average Bonchev–Trinajstić information content (AvgIpc) is 3.75. The molecule has 5 rings (SSSR count). The number of carbonyl (C=O) groups excluding carboxylic acids is 2. The van der Waals surface area contributed by atoms with E-state index in [1.807, 2.05) is 12.1 Å². The molecular formula is C36H51N7O2. The van der Waals surface area contributed by atoms with Gasteiger partial charge in [-0.3, -0.25) is 25.3 Å². The number of nitrogens with zero attached hydrogens (tertiary/aromatic N) is 2. The fourth-order valence-electron chi connectivity index (χ4n) is 6.47. The zero-order valence-corrected chi connectivity index (χ0v) is 27.6. The van der Waals surface area contributed by atoms with Gasteiger partial charge in [0.25, 0.3) is 5.91 Å². The Bertz CT molecular complexity index is 1360. The highest BCUT2D eigenvalue weighted by Gasteiger charge is 2.38. The highest BCUT2D eigenvalue weighted by atomic mass is 16.1. The summed E-state index contributed by atoms with van der Waals surface area (Å²) in [5.74, 6) is 2.39. The molecule has 0 spiro atoms. The van der Waals surface area contributed by atoms with Crippen LogP contribution in [0.3, 0.4) is 0 Å². The molecule has 2 aromatic rings. The van der Waals surface area contributed by atoms with Gasteiger partial charge in [-0.2, -0.15) is 0 Å². The van der Waals surface area contributed by atoms with Crippen LogP contribution in [0.5, 0.6) is 0 Å². The highest BCUT2D eigenvalue weighted by Crippen LogP contribution is 2.41. The van der Waals surface area contributed by atoms with Crippen molar-refractivity contribution >= 4 is 23.7 Å². The third kappa shape index (κ3) is 9.01. The van der Waals surface area contributed by atoms with Crippen molar-refractivity contribution in [3.8, 4) is 0 Å². The summed E-state index contributed by atoms with van der Waals surface area (Å²) in [5, 5.41) is 10.9. The smallest absolute Gasteiger partial charge is 0.251 e. The van der Waals surface area contributed by atoms with Gasteiger partial charge in [0.05, 0.1) is 6.54 Å². The summed E-state index contributed by atoms with van der Waals surface area (Å²) in [6, 6.07) is 16.4. The second-order valence-electron chi connectivity index (χ2n) is 14.6. The van der Waals surface area contributed by atoms with Crippen molar-refractivity contribution in [3.63, 3.8) is 0 Å². The minimum Gasteiger partial charge on any atom is -0.345 e. The number of amides is 1. The molecule has 2 fully saturated rings. The summed E-state index contributed by atoms with van der Waals surface area (Å²) < 4.78 is 0. The number of hydrogen-bond acceptors (Lipinski definition) is 8. The minimum absolute atomic E-state index is 0.0139. The monoisotopic (exact) mass is 613 g/mol. The Morgan fingerprint density at radius 3 is 2.24 bits per heavy atom. The fourth-order valence-corrected chi connectivity index (χ4v) is 6.47. The second kappa shape index (κ2) is 14.3. The van der Waals surface area contributed by atoms with E-state index >= 15 is 0 Å². The van der Waals surface area contributed by atoms with Crippen molar-refractivity contribution in [2.24, 2.45) is 27.3 Å². The maximum absolute atomic E-state index is 12.8. The van der Waals surface area contributed by atoms with E-state index in [4.69, 9.17) is 4.99 Å². The molecule has 0 aromatic heterocycles. The summed E-state index contributed by atoms with van der Waals surface area (Å²) in [5.41, 5.74) is 12.2. The number of rotatable bonds is 13. The lowest BCUT2D eigenvalue weighted by Gasteiger charge is -2.42. The van der Waals surface area contributed by atoms with Gasteiger partial charge in [-0.05, 0) is 97.8 Å². The largest absolute Gasteiger partial charge is 0.345 e. The van der Waals surface area contributed by atoms with Gasteiger partial charge in [0.1, 0.15) is 11.4 Å². The molecule has 0 saturated heterocycles. The molecular weight excluding hydrogens is 562 g/mol. The van der Waals surface area contributed by atoms with Crippen LogP contribution >= 0.6 is 0 Å². The molecule has 1 atom stereocenters. The van der Waals surface area contributed by atoms with Crippen LogP contribution in [0.1, 0.15) is 125 Å². The molecule has 45 heavy (non-hydrogen) atoms. The lowest BCUT2D eigenvalue weighted by Crippen LogP contribution is -2.49. The molecule has 2 aliphatic carbocycles. The maximum atomic E-state index is 12.8. The van der Waals surface area contributed by atoms with Gasteiger partial charge in [0, 0.05) is 17.2 Å². The van der Waals surface area contributed by atoms with Gasteiger partial charge >= 0.3 is 0 Å². The number of benzene rings is 2. The first kappa shape index (κ1) is 32.8. The van der Waals surface area contributed by atoms with E-state index in [1.54, 1.807) is 0 Å². The van der Waals surface area contributed by atoms with Crippen molar-refractivity contribution in [2.45, 2.75) is 104 Å². The minimum atomic E-state index is -0.549. The Morgan fingerprint density at radius 1 is 1.02 bits per heavy atom. The van der Waals surface area contributed by atoms with Gasteiger partial charge < -0.3 is 5.32 Å². The standard InChI is InChI=1S/C36H51N7O2/c1-24(2)25-16-20-36(21-17-25,39-32(23-44)29-10-8-27(9-11-29)26-6-7-26)38-31(18-19-35(3,4)5)28-12-14-30(15-13-28)34(45)37-22-33-40-42-43-41-33/h8-15,23-26,31,38,42-43H,6-7,16-22H2,1-5H3,(H,37,45)(H,40,41)/b39-32+/t25?,31-,36?/m1/s1. The lowest BCUT2D eigenvalue weighted by atomic mass is 9.76. The predicted molar refractivity (Wildman–Crippen MR) is 181 cm³/mol. The van der Waals surface area contributed by atoms with E-state index in [0.29, 0.717) is 34.9 Å². The van der Waals surface area contributed by atoms with E-state index in [1.165, 1.54) is 18.4 Å². The molecule has 0 unspecified atom stereocenters. The highest BCUT2D eigenvalue weighted by molar-refractivity contribution is 6.36. The quantitative estimate of drug-likeness (QED) is 0.142. The Hall–Kier alpha value is -3.56. The van der Waals surface area contributed by atoms with E-state index in [0.717, 1.165) is 55.9 Å². The first-order chi connectivity index (χ1) is 21.5. The number of hydrazine groups is 2. The Balaban J connectivity index is 1.40. The van der Waals surface area contributed by atoms with Crippen LogP contribution in [0.2, 0.25) is 0 Å². The van der Waals surface area contributed by atoms with Crippen LogP contribution in [0.15, 0.2) is 58.6 Å². The summed E-state index contributed by atoms with van der Waals surface area (Å²) in [6.45, 7) is 11.7. The number of carbonyl (C=O) groups is 2. The molecule has 9 nitrogen and oxygen atoms in total. The number of hydrazone groups is 1. The van der Waals surface area contributed by atoms with Crippen LogP contribution in [0.25, 0.3) is 0 Å². The second-order valence-corrected chi connectivity index (χ2v) is 14.6. The summed E-state index contributed by atoms with van der Waals surface area (Å²) in [4.78, 5) is 30.7. The Kier molecular flexibility index (Phi) is 10.4. The molecule has 9 heteroatoms. The molecule has 1 amide bonds. The SMILES string of the molecule is CC(C)C1CCC(/N=C(\C=O)c2ccc(C3CC3)cc2)(N[C@H](CCC(C)(C)C)c2ccc(C(=O)NCC3=NNNN3)cc2)CC1. The molecule has 5 N–H and O–H groups in total. The zero-order valence-electron chi connectivity index (χ0n) is 27.6. The number of amidine groups is 1. The molecule has 1 aliphatic heterocycles. The van der Waals surface area contributed by atoms with Gasteiger partial charge in [0.2, 0.25) is 0 Å². The van der Waals surface area contributed by atoms with Gasteiger partial charge in [-0.25, -0.2) is 5.53 Å². The fraction of sp³-hybridized carbons (Fsp3) is 0.556. The van der Waals surface area contributed by atoms with Crippen LogP contribution in [0, 0.1) is 17.3 Å². The first-order valence-corrected chi connectivity index (χ1v) is 16.7. The third-order valence-electron chi connectivity index (χ3n) is 9.57. The maximum Gasteiger partial charge on any atom is 0.251 e. The van der Waals surface area contributed by atoms with Crippen molar-refractivity contribution in [1.82, 2.24) is 27.1 Å². The third-order valence-corrected chi connectivity index (χ3v) is 9.57. The summed E-state index contributed by atoms with van der Waals surface area (Å²) >= 11 is 0. The Labute approximate surface area is 268 Å². The molecule has 1 heterocycles. The number of aliphatic imine (C=N–C) groups is 1. The van der Waals surface area contributed by atoms with Crippen molar-refractivity contribution in [1.29, 1.82) is 0 Å². The summed E-state index contributed by atoms with van der Waals surface area (Å²) in [6.07, 6.45) is 9.25. The van der Waals surface area contributed by atoms with Crippen molar-refractivity contribution < 1.29 is 9.59 Å². The van der Waals surface area contributed by atoms with Crippen LogP contribution in [-0.4, -0.2) is 35.9 Å². The van der Waals surface area contributed by atoms with Crippen molar-refractivity contribution in [3.05, 3.63) is 70.8 Å². The van der Waals surface area contributed by atoms with Gasteiger partial charge in [-0.15, -0.1) is 10.6 Å². The molecule has 0 bridgehead atoms. The van der Waals surface area contributed by atoms with E-state index in [2.05, 4.69) is 103 Å². The molecule has 2 aromatic carbocycles. The van der Waals surface area contributed by atoms with Crippen molar-refractivity contribution in [2.75, 3.05) is 6.54 Å². The Morgan fingerprint density at radius 2 is 1.69 bits per heavy atom. The molecule has 242 valence electrons. The molecule has 2 saturated carbocycles. The van der Waals surface area contributed by atoms with Gasteiger partial charge in [0.15, 0.2) is 12.1 Å². The molecule has 0 radical (unpaired) electrons. The van der Waals surface area contributed by atoms with Crippen LogP contribution in [0.4, 0.5) is 0 Å². The zero-order chi connectivity index (χ0) is 32.0. The van der Waals surface area contributed by atoms with Crippen LogP contribution in [-0.2, 0) is 4.79 Å².